The second-order valence-corrected chi connectivity index (χ2v) is 9.09. The van der Waals surface area contributed by atoms with Gasteiger partial charge in [-0.3, -0.25) is 9.36 Å². The number of nitrogens with zero attached hydrogens (tertiary/aromatic N) is 2. The summed E-state index contributed by atoms with van der Waals surface area (Å²) in [6.07, 6.45) is 0. The molecular weight excluding hydrogens is 504 g/mol. The van der Waals surface area contributed by atoms with Gasteiger partial charge in [0.05, 0.1) is 35.7 Å². The molecule has 1 aromatic heterocycles. The van der Waals surface area contributed by atoms with E-state index < -0.39 is 0 Å². The lowest BCUT2D eigenvalue weighted by Crippen LogP contribution is -2.26. The molecule has 33 heavy (non-hydrogen) atoms. The van der Waals surface area contributed by atoms with Gasteiger partial charge in [-0.1, -0.05) is 57.9 Å². The van der Waals surface area contributed by atoms with Crippen LogP contribution in [0.5, 0.6) is 5.75 Å². The summed E-state index contributed by atoms with van der Waals surface area (Å²) < 4.78 is 14.2. The molecule has 0 spiro atoms. The zero-order valence-electron chi connectivity index (χ0n) is 18.5. The minimum absolute atomic E-state index is 0.0829. The number of hydrogen-bond acceptors (Lipinski definition) is 4. The normalized spacial score (nSPS) is 11.2. The molecule has 7 heteroatoms. The zero-order chi connectivity index (χ0) is 23.4. The van der Waals surface area contributed by atoms with Gasteiger partial charge in [-0.2, -0.15) is 0 Å². The van der Waals surface area contributed by atoms with Gasteiger partial charge in [0.1, 0.15) is 18.2 Å². The van der Waals surface area contributed by atoms with E-state index in [0.717, 1.165) is 21.2 Å². The molecule has 0 aliphatic carbocycles. The molecule has 0 aliphatic heterocycles. The number of ether oxygens (including phenoxy) is 2. The molecule has 0 amide bonds. The summed E-state index contributed by atoms with van der Waals surface area (Å²) >= 11 is 9.75. The summed E-state index contributed by atoms with van der Waals surface area (Å²) in [7, 11) is 0. The van der Waals surface area contributed by atoms with Gasteiger partial charge in [0, 0.05) is 10.0 Å². The largest absolute Gasteiger partial charge is 0.489 e. The first-order chi connectivity index (χ1) is 15.9. The smallest absolute Gasteiger partial charge is 0.261 e. The standard InChI is InChI=1S/C26H24BrClN2O3/c1-17-15-18(2)24(22(28)16-17)33-14-13-32-12-11-30-25(19-7-9-20(27)10-8-19)29-23-6-4-3-5-21(23)26(30)31/h3-10,15-16H,11-14H2,1-2H3. The Morgan fingerprint density at radius 3 is 2.52 bits per heavy atom. The van der Waals surface area contributed by atoms with E-state index in [2.05, 4.69) is 15.9 Å². The van der Waals surface area contributed by atoms with Gasteiger partial charge in [0.25, 0.3) is 5.56 Å². The average molecular weight is 528 g/mol. The fourth-order valence-corrected chi connectivity index (χ4v) is 4.38. The van der Waals surface area contributed by atoms with Crippen LogP contribution in [0.3, 0.4) is 0 Å². The van der Waals surface area contributed by atoms with Gasteiger partial charge in [-0.25, -0.2) is 4.98 Å². The average Bonchev–Trinajstić information content (AvgIpc) is 2.79. The number of aromatic nitrogens is 2. The van der Waals surface area contributed by atoms with Gasteiger partial charge < -0.3 is 9.47 Å². The molecule has 170 valence electrons. The third-order valence-electron chi connectivity index (χ3n) is 5.27. The fraction of sp³-hybridized carbons (Fsp3) is 0.231. The Labute approximate surface area is 206 Å². The minimum Gasteiger partial charge on any atom is -0.489 e. The van der Waals surface area contributed by atoms with Crippen LogP contribution >= 0.6 is 27.5 Å². The highest BCUT2D eigenvalue weighted by Gasteiger charge is 2.13. The van der Waals surface area contributed by atoms with Crippen molar-refractivity contribution in [2.45, 2.75) is 20.4 Å². The fourth-order valence-electron chi connectivity index (χ4n) is 3.74. The summed E-state index contributed by atoms with van der Waals surface area (Å²) in [5.74, 6) is 1.30. The third kappa shape index (κ3) is 5.46. The molecule has 0 fully saturated rings. The van der Waals surface area contributed by atoms with Gasteiger partial charge in [0.2, 0.25) is 0 Å². The number of para-hydroxylation sites is 1. The second-order valence-electron chi connectivity index (χ2n) is 7.77. The first kappa shape index (κ1) is 23.5. The van der Waals surface area contributed by atoms with E-state index in [4.69, 9.17) is 26.1 Å². The highest BCUT2D eigenvalue weighted by molar-refractivity contribution is 9.10. The van der Waals surface area contributed by atoms with Gasteiger partial charge in [-0.15, -0.1) is 0 Å². The first-order valence-electron chi connectivity index (χ1n) is 10.7. The maximum Gasteiger partial charge on any atom is 0.261 e. The van der Waals surface area contributed by atoms with E-state index >= 15 is 0 Å². The molecule has 0 N–H and O–H groups in total. The summed E-state index contributed by atoms with van der Waals surface area (Å²) in [4.78, 5) is 18.0. The minimum atomic E-state index is -0.0829. The van der Waals surface area contributed by atoms with Crippen LogP contribution in [-0.4, -0.2) is 29.4 Å². The highest BCUT2D eigenvalue weighted by atomic mass is 79.9. The van der Waals surface area contributed by atoms with Crippen LogP contribution < -0.4 is 10.3 Å². The third-order valence-corrected chi connectivity index (χ3v) is 6.08. The van der Waals surface area contributed by atoms with Crippen molar-refractivity contribution in [1.82, 2.24) is 9.55 Å². The predicted molar refractivity (Wildman–Crippen MR) is 136 cm³/mol. The van der Waals surface area contributed by atoms with Crippen molar-refractivity contribution in [2.24, 2.45) is 0 Å². The van der Waals surface area contributed by atoms with Crippen LogP contribution in [0, 0.1) is 13.8 Å². The molecule has 4 rings (SSSR count). The summed E-state index contributed by atoms with van der Waals surface area (Å²) in [5.41, 5.74) is 3.55. The Hall–Kier alpha value is -2.67. The molecule has 0 unspecified atom stereocenters. The Bertz CT molecular complexity index is 1310. The number of halogens is 2. The lowest BCUT2D eigenvalue weighted by Gasteiger charge is -2.15. The number of fused-ring (bicyclic) bond motifs is 1. The molecule has 0 saturated heterocycles. The zero-order valence-corrected chi connectivity index (χ0v) is 20.8. The molecule has 0 aliphatic rings. The van der Waals surface area contributed by atoms with Gasteiger partial charge >= 0.3 is 0 Å². The number of benzene rings is 3. The molecule has 0 bridgehead atoms. The summed E-state index contributed by atoms with van der Waals surface area (Å²) in [5, 5.41) is 1.19. The van der Waals surface area contributed by atoms with E-state index in [1.807, 2.05) is 68.4 Å². The summed E-state index contributed by atoms with van der Waals surface area (Å²) in [6.45, 7) is 5.46. The predicted octanol–water partition coefficient (Wildman–Crippen LogP) is 6.19. The van der Waals surface area contributed by atoms with Crippen molar-refractivity contribution in [1.29, 1.82) is 0 Å². The molecule has 0 atom stereocenters. The lowest BCUT2D eigenvalue weighted by atomic mass is 10.1. The van der Waals surface area contributed by atoms with Crippen molar-refractivity contribution in [3.05, 3.63) is 91.6 Å². The Morgan fingerprint density at radius 2 is 1.76 bits per heavy atom. The molecule has 0 saturated carbocycles. The second kappa shape index (κ2) is 10.5. The van der Waals surface area contributed by atoms with Crippen LogP contribution in [0.25, 0.3) is 22.3 Å². The Morgan fingerprint density at radius 1 is 1.00 bits per heavy atom. The van der Waals surface area contributed by atoms with Crippen molar-refractivity contribution in [3.63, 3.8) is 0 Å². The van der Waals surface area contributed by atoms with Crippen LogP contribution in [0.4, 0.5) is 0 Å². The van der Waals surface area contributed by atoms with Crippen molar-refractivity contribution < 1.29 is 9.47 Å². The molecule has 0 radical (unpaired) electrons. The van der Waals surface area contributed by atoms with E-state index in [1.165, 1.54) is 0 Å². The monoisotopic (exact) mass is 526 g/mol. The van der Waals surface area contributed by atoms with E-state index in [1.54, 1.807) is 10.6 Å². The van der Waals surface area contributed by atoms with Crippen LogP contribution in [-0.2, 0) is 11.3 Å². The van der Waals surface area contributed by atoms with Crippen molar-refractivity contribution >= 4 is 38.4 Å². The van der Waals surface area contributed by atoms with Crippen molar-refractivity contribution in [2.75, 3.05) is 19.8 Å². The summed E-state index contributed by atoms with van der Waals surface area (Å²) in [6, 6.07) is 19.1. The molecule has 3 aromatic carbocycles. The molecular formula is C26H24BrClN2O3. The molecule has 5 nitrogen and oxygen atoms in total. The van der Waals surface area contributed by atoms with Gasteiger partial charge in [0.15, 0.2) is 0 Å². The lowest BCUT2D eigenvalue weighted by molar-refractivity contribution is 0.0939. The van der Waals surface area contributed by atoms with Gasteiger partial charge in [-0.05, 0) is 55.3 Å². The maximum absolute atomic E-state index is 13.2. The van der Waals surface area contributed by atoms with E-state index in [9.17, 15) is 4.79 Å². The number of aryl methyl sites for hydroxylation is 2. The topological polar surface area (TPSA) is 53.4 Å². The number of hydrogen-bond donors (Lipinski definition) is 0. The van der Waals surface area contributed by atoms with E-state index in [-0.39, 0.29) is 5.56 Å². The first-order valence-corrected chi connectivity index (χ1v) is 11.8. The van der Waals surface area contributed by atoms with Crippen LogP contribution in [0.2, 0.25) is 5.02 Å². The molecule has 4 aromatic rings. The highest BCUT2D eigenvalue weighted by Crippen LogP contribution is 2.29. The quantitative estimate of drug-likeness (QED) is 0.256. The maximum atomic E-state index is 13.2. The van der Waals surface area contributed by atoms with Crippen LogP contribution in [0.1, 0.15) is 11.1 Å². The molecule has 1 heterocycles. The Balaban J connectivity index is 1.46. The van der Waals surface area contributed by atoms with Crippen LogP contribution in [0.15, 0.2) is 69.9 Å². The van der Waals surface area contributed by atoms with E-state index in [0.29, 0.717) is 53.9 Å². The van der Waals surface area contributed by atoms with Crippen molar-refractivity contribution in [3.8, 4) is 17.1 Å². The Kier molecular flexibility index (Phi) is 7.48. The number of rotatable bonds is 8. The SMILES string of the molecule is Cc1cc(C)c(OCCOCCn2c(-c3ccc(Br)cc3)nc3ccccc3c2=O)c(Cl)c1.